The summed E-state index contributed by atoms with van der Waals surface area (Å²) in [5.41, 5.74) is 5.28. The number of carboxylic acids is 1. The number of ether oxygens (including phenoxy) is 1. The number of ketones is 1. The monoisotopic (exact) mass is 241 g/mol. The Morgan fingerprint density at radius 2 is 2.18 bits per heavy atom. The number of nitrogens with two attached hydrogens (primary N) is 1. The molecule has 0 unspecified atom stereocenters. The molecule has 0 amide bonds. The average Bonchev–Trinajstić information content (AvgIpc) is 2.28. The zero-order chi connectivity index (χ0) is 13.0. The highest BCUT2D eigenvalue weighted by atomic mass is 19.1. The smallest absolute Gasteiger partial charge is 0.320 e. The molecular weight excluding hydrogens is 229 g/mol. The standard InChI is InChI=1S/C11H12FNO4/c1-17-10-3-2-6(4-7(10)12)9(14)5-8(13)11(15)16/h2-4,8H,5,13H2,1H3,(H,15,16)/t8-/m1/s1. The van der Waals surface area contributed by atoms with Gasteiger partial charge in [-0.1, -0.05) is 0 Å². The molecule has 1 aromatic carbocycles. The fourth-order valence-electron chi connectivity index (χ4n) is 1.24. The molecule has 0 saturated carbocycles. The molecule has 0 spiro atoms. The van der Waals surface area contributed by atoms with Crippen molar-refractivity contribution in [3.05, 3.63) is 29.6 Å². The first-order chi connectivity index (χ1) is 7.95. The summed E-state index contributed by atoms with van der Waals surface area (Å²) in [5, 5.41) is 8.54. The van der Waals surface area contributed by atoms with Gasteiger partial charge in [0.1, 0.15) is 6.04 Å². The van der Waals surface area contributed by atoms with Crippen LogP contribution in [0, 0.1) is 5.82 Å². The van der Waals surface area contributed by atoms with Gasteiger partial charge in [0.2, 0.25) is 0 Å². The Morgan fingerprint density at radius 1 is 1.53 bits per heavy atom. The molecule has 5 nitrogen and oxygen atoms in total. The van der Waals surface area contributed by atoms with Crippen LogP contribution in [0.25, 0.3) is 0 Å². The van der Waals surface area contributed by atoms with E-state index in [0.29, 0.717) is 0 Å². The molecule has 6 heteroatoms. The van der Waals surface area contributed by atoms with Gasteiger partial charge in [-0.25, -0.2) is 4.39 Å². The Bertz CT molecular complexity index is 447. The summed E-state index contributed by atoms with van der Waals surface area (Å²) in [6.07, 6.45) is -0.374. The second kappa shape index (κ2) is 5.40. The van der Waals surface area contributed by atoms with E-state index in [2.05, 4.69) is 0 Å². The number of methoxy groups -OCH3 is 1. The number of benzene rings is 1. The predicted molar refractivity (Wildman–Crippen MR) is 57.5 cm³/mol. The van der Waals surface area contributed by atoms with Gasteiger partial charge in [-0.3, -0.25) is 9.59 Å². The van der Waals surface area contributed by atoms with Gasteiger partial charge >= 0.3 is 5.97 Å². The van der Waals surface area contributed by atoms with E-state index < -0.39 is 23.6 Å². The Labute approximate surface area is 97.0 Å². The first kappa shape index (κ1) is 13.1. The number of hydrogen-bond donors (Lipinski definition) is 2. The van der Waals surface area contributed by atoms with E-state index in [4.69, 9.17) is 15.6 Å². The summed E-state index contributed by atoms with van der Waals surface area (Å²) in [7, 11) is 1.31. The van der Waals surface area contributed by atoms with E-state index >= 15 is 0 Å². The topological polar surface area (TPSA) is 89.6 Å². The SMILES string of the molecule is COc1ccc(C(=O)C[C@@H](N)C(=O)O)cc1F. The van der Waals surface area contributed by atoms with Crippen LogP contribution in [0.3, 0.4) is 0 Å². The van der Waals surface area contributed by atoms with Crippen LogP contribution in [0.5, 0.6) is 5.75 Å². The van der Waals surface area contributed by atoms with Crippen molar-refractivity contribution < 1.29 is 23.8 Å². The fraction of sp³-hybridized carbons (Fsp3) is 0.273. The highest BCUT2D eigenvalue weighted by molar-refractivity contribution is 5.98. The highest BCUT2D eigenvalue weighted by Crippen LogP contribution is 2.18. The normalized spacial score (nSPS) is 11.9. The first-order valence-corrected chi connectivity index (χ1v) is 4.81. The molecule has 0 aromatic heterocycles. The summed E-state index contributed by atoms with van der Waals surface area (Å²) in [6, 6.07) is 2.37. The summed E-state index contributed by atoms with van der Waals surface area (Å²) in [5.74, 6) is -2.46. The lowest BCUT2D eigenvalue weighted by atomic mass is 10.0. The molecule has 0 saturated heterocycles. The maximum Gasteiger partial charge on any atom is 0.320 e. The zero-order valence-electron chi connectivity index (χ0n) is 9.14. The van der Waals surface area contributed by atoms with E-state index in [1.807, 2.05) is 0 Å². The number of carbonyl (C=O) groups is 2. The number of carbonyl (C=O) groups excluding carboxylic acids is 1. The molecule has 0 aliphatic heterocycles. The van der Waals surface area contributed by atoms with Crippen molar-refractivity contribution in [3.8, 4) is 5.75 Å². The Hall–Kier alpha value is -1.95. The van der Waals surface area contributed by atoms with Crippen molar-refractivity contribution in [1.82, 2.24) is 0 Å². The summed E-state index contributed by atoms with van der Waals surface area (Å²) < 4.78 is 18.0. The molecule has 1 rings (SSSR count). The van der Waals surface area contributed by atoms with Crippen LogP contribution < -0.4 is 10.5 Å². The van der Waals surface area contributed by atoms with E-state index in [-0.39, 0.29) is 17.7 Å². The van der Waals surface area contributed by atoms with Crippen LogP contribution >= 0.6 is 0 Å². The second-order valence-electron chi connectivity index (χ2n) is 3.42. The summed E-state index contributed by atoms with van der Waals surface area (Å²) >= 11 is 0. The van der Waals surface area contributed by atoms with E-state index in [1.165, 1.54) is 19.2 Å². The number of carboxylic acid groups (broad SMARTS) is 1. The Kier molecular flexibility index (Phi) is 4.17. The maximum atomic E-state index is 13.3. The summed E-state index contributed by atoms with van der Waals surface area (Å²) in [6.45, 7) is 0. The van der Waals surface area contributed by atoms with Gasteiger partial charge in [0, 0.05) is 12.0 Å². The van der Waals surface area contributed by atoms with Gasteiger partial charge in [0.15, 0.2) is 17.3 Å². The second-order valence-corrected chi connectivity index (χ2v) is 3.42. The number of Topliss-reactive ketones (excluding diaryl/α,β-unsaturated/α-hetero) is 1. The van der Waals surface area contributed by atoms with Crippen molar-refractivity contribution in [2.24, 2.45) is 5.73 Å². The minimum atomic E-state index is -1.28. The third-order valence-electron chi connectivity index (χ3n) is 2.20. The minimum Gasteiger partial charge on any atom is -0.494 e. The van der Waals surface area contributed by atoms with Crippen molar-refractivity contribution >= 4 is 11.8 Å². The molecule has 92 valence electrons. The number of hydrogen-bond acceptors (Lipinski definition) is 4. The largest absolute Gasteiger partial charge is 0.494 e. The quantitative estimate of drug-likeness (QED) is 0.745. The summed E-state index contributed by atoms with van der Waals surface area (Å²) in [4.78, 5) is 22.0. The molecule has 0 radical (unpaired) electrons. The van der Waals surface area contributed by atoms with Gasteiger partial charge in [0.25, 0.3) is 0 Å². The number of halogens is 1. The molecule has 1 atom stereocenters. The Balaban J connectivity index is 2.83. The van der Waals surface area contributed by atoms with Crippen LogP contribution in [-0.2, 0) is 4.79 Å². The molecule has 1 aromatic rings. The van der Waals surface area contributed by atoms with E-state index in [9.17, 15) is 14.0 Å². The lowest BCUT2D eigenvalue weighted by Crippen LogP contribution is -2.32. The molecule has 0 fully saturated rings. The van der Waals surface area contributed by atoms with Crippen molar-refractivity contribution in [1.29, 1.82) is 0 Å². The first-order valence-electron chi connectivity index (χ1n) is 4.81. The van der Waals surface area contributed by atoms with E-state index in [1.54, 1.807) is 0 Å². The van der Waals surface area contributed by atoms with Gasteiger partial charge in [-0.15, -0.1) is 0 Å². The molecule has 0 aliphatic rings. The average molecular weight is 241 g/mol. The predicted octanol–water partition coefficient (Wildman–Crippen LogP) is 0.819. The maximum absolute atomic E-state index is 13.3. The molecular formula is C11H12FNO4. The zero-order valence-corrected chi connectivity index (χ0v) is 9.14. The van der Waals surface area contributed by atoms with Crippen LogP contribution in [0.2, 0.25) is 0 Å². The molecule has 0 heterocycles. The van der Waals surface area contributed by atoms with Crippen LogP contribution in [0.15, 0.2) is 18.2 Å². The van der Waals surface area contributed by atoms with Crippen molar-refractivity contribution in [3.63, 3.8) is 0 Å². The number of aliphatic carboxylic acids is 1. The van der Waals surface area contributed by atoms with Gasteiger partial charge in [-0.05, 0) is 18.2 Å². The van der Waals surface area contributed by atoms with Gasteiger partial charge < -0.3 is 15.6 Å². The van der Waals surface area contributed by atoms with Crippen LogP contribution in [0.4, 0.5) is 4.39 Å². The van der Waals surface area contributed by atoms with E-state index in [0.717, 1.165) is 6.07 Å². The fourth-order valence-corrected chi connectivity index (χ4v) is 1.24. The van der Waals surface area contributed by atoms with Gasteiger partial charge in [0.05, 0.1) is 7.11 Å². The highest BCUT2D eigenvalue weighted by Gasteiger charge is 2.18. The Morgan fingerprint density at radius 3 is 2.65 bits per heavy atom. The molecule has 0 aliphatic carbocycles. The van der Waals surface area contributed by atoms with Crippen molar-refractivity contribution in [2.75, 3.05) is 7.11 Å². The third-order valence-corrected chi connectivity index (χ3v) is 2.20. The molecule has 3 N–H and O–H groups in total. The molecule has 17 heavy (non-hydrogen) atoms. The molecule has 0 bridgehead atoms. The van der Waals surface area contributed by atoms with Crippen LogP contribution in [0.1, 0.15) is 16.8 Å². The lowest BCUT2D eigenvalue weighted by Gasteiger charge is -2.07. The number of rotatable bonds is 5. The minimum absolute atomic E-state index is 0.0177. The van der Waals surface area contributed by atoms with Crippen LogP contribution in [-0.4, -0.2) is 30.0 Å². The van der Waals surface area contributed by atoms with Crippen molar-refractivity contribution in [2.45, 2.75) is 12.5 Å². The lowest BCUT2D eigenvalue weighted by molar-refractivity contribution is -0.138. The van der Waals surface area contributed by atoms with Gasteiger partial charge in [-0.2, -0.15) is 0 Å². The third kappa shape index (κ3) is 3.25.